The molecule has 0 spiro atoms. The van der Waals surface area contributed by atoms with Gasteiger partial charge in [-0.05, 0) is 51.4 Å². The number of carbonyl (C=O) groups is 2. The maximum atomic E-state index is 12.8. The zero-order valence-electron chi connectivity index (χ0n) is 17.3. The average Bonchev–Trinajstić information content (AvgIpc) is 2.74. The van der Waals surface area contributed by atoms with Gasteiger partial charge in [0.1, 0.15) is 4.90 Å². The van der Waals surface area contributed by atoms with Gasteiger partial charge in [0.2, 0.25) is 10.0 Å². The minimum atomic E-state index is -3.77. The number of ketones is 1. The second kappa shape index (κ2) is 8.95. The monoisotopic (exact) mass is 430 g/mol. The molecule has 1 aliphatic rings. The molecule has 0 atom stereocenters. The summed E-state index contributed by atoms with van der Waals surface area (Å²) < 4.78 is 27.7. The van der Waals surface area contributed by atoms with Gasteiger partial charge in [0.25, 0.3) is 5.91 Å². The Morgan fingerprint density at radius 1 is 0.967 bits per heavy atom. The summed E-state index contributed by atoms with van der Waals surface area (Å²) in [6.07, 6.45) is 0. The molecule has 8 nitrogen and oxygen atoms in total. The lowest BCUT2D eigenvalue weighted by Crippen LogP contribution is -2.45. The molecule has 0 radical (unpaired) electrons. The average molecular weight is 431 g/mol. The van der Waals surface area contributed by atoms with Gasteiger partial charge in [0.05, 0.1) is 5.69 Å². The minimum Gasteiger partial charge on any atom is -0.368 e. The van der Waals surface area contributed by atoms with Crippen LogP contribution in [0, 0.1) is 0 Å². The Labute approximate surface area is 176 Å². The van der Waals surface area contributed by atoms with Crippen LogP contribution in [0.4, 0.5) is 11.4 Å². The molecule has 2 N–H and O–H groups in total. The van der Waals surface area contributed by atoms with Gasteiger partial charge in [-0.3, -0.25) is 9.59 Å². The van der Waals surface area contributed by atoms with Crippen molar-refractivity contribution in [3.05, 3.63) is 53.6 Å². The summed E-state index contributed by atoms with van der Waals surface area (Å²) in [5.74, 6) is -0.557. The number of nitrogens with one attached hydrogen (secondary N) is 2. The van der Waals surface area contributed by atoms with Crippen LogP contribution in [0.25, 0.3) is 0 Å². The molecule has 160 valence electrons. The molecular weight excluding hydrogens is 404 g/mol. The second-order valence-corrected chi connectivity index (χ2v) is 9.13. The predicted molar refractivity (Wildman–Crippen MR) is 117 cm³/mol. The largest absolute Gasteiger partial charge is 0.368 e. The van der Waals surface area contributed by atoms with E-state index in [9.17, 15) is 18.0 Å². The first kappa shape index (κ1) is 21.9. The second-order valence-electron chi connectivity index (χ2n) is 7.27. The summed E-state index contributed by atoms with van der Waals surface area (Å²) in [6, 6.07) is 11.3. The van der Waals surface area contributed by atoms with Crippen molar-refractivity contribution >= 4 is 33.1 Å². The first-order valence-corrected chi connectivity index (χ1v) is 11.1. The number of carbonyl (C=O) groups excluding carboxylic acids is 2. The van der Waals surface area contributed by atoms with Crippen molar-refractivity contribution in [2.45, 2.75) is 11.8 Å². The lowest BCUT2D eigenvalue weighted by atomic mass is 10.1. The number of hydrogen-bond acceptors (Lipinski definition) is 6. The van der Waals surface area contributed by atoms with Crippen molar-refractivity contribution in [2.24, 2.45) is 0 Å². The molecule has 1 saturated heterocycles. The molecule has 3 rings (SSSR count). The molecule has 1 aliphatic heterocycles. The van der Waals surface area contributed by atoms with Crippen LogP contribution in [0.3, 0.4) is 0 Å². The number of sulfonamides is 1. The minimum absolute atomic E-state index is 0.0692. The third kappa shape index (κ3) is 4.86. The van der Waals surface area contributed by atoms with Gasteiger partial charge in [0.15, 0.2) is 5.78 Å². The molecule has 1 fully saturated rings. The Balaban J connectivity index is 1.92. The van der Waals surface area contributed by atoms with Gasteiger partial charge >= 0.3 is 0 Å². The number of Topliss-reactive ketones (excluding diaryl/α,β-unsaturated/α-hetero) is 1. The zero-order chi connectivity index (χ0) is 21.9. The van der Waals surface area contributed by atoms with Gasteiger partial charge < -0.3 is 15.1 Å². The van der Waals surface area contributed by atoms with Crippen LogP contribution >= 0.6 is 0 Å². The summed E-state index contributed by atoms with van der Waals surface area (Å²) in [5, 5.41) is 2.73. The van der Waals surface area contributed by atoms with Gasteiger partial charge in [-0.1, -0.05) is 12.1 Å². The quantitative estimate of drug-likeness (QED) is 0.678. The molecular formula is C21H26N4O4S. The van der Waals surface area contributed by atoms with E-state index < -0.39 is 15.9 Å². The molecule has 0 aliphatic carbocycles. The van der Waals surface area contributed by atoms with E-state index in [0.29, 0.717) is 30.0 Å². The van der Waals surface area contributed by atoms with Crippen molar-refractivity contribution in [3.63, 3.8) is 0 Å². The fraction of sp³-hybridized carbons (Fsp3) is 0.333. The van der Waals surface area contributed by atoms with E-state index in [2.05, 4.69) is 14.9 Å². The number of hydrogen-bond donors (Lipinski definition) is 2. The smallest absolute Gasteiger partial charge is 0.255 e. The molecule has 1 heterocycles. The Hall–Kier alpha value is -2.75. The SMILES string of the molecule is CNS(=O)(=O)c1cc(C(=O)Nc2cccc(C(C)=O)c2)ccc1N1CCN(C)CC1. The number of nitrogens with zero attached hydrogens (tertiary/aromatic N) is 2. The van der Waals surface area contributed by atoms with E-state index >= 15 is 0 Å². The fourth-order valence-electron chi connectivity index (χ4n) is 3.31. The number of benzene rings is 2. The summed E-state index contributed by atoms with van der Waals surface area (Å²) in [7, 11) is -0.393. The molecule has 0 aromatic heterocycles. The molecule has 9 heteroatoms. The van der Waals surface area contributed by atoms with Gasteiger partial charge in [-0.15, -0.1) is 0 Å². The maximum absolute atomic E-state index is 12.8. The normalized spacial score (nSPS) is 15.1. The van der Waals surface area contributed by atoms with E-state index in [1.165, 1.54) is 20.0 Å². The number of amides is 1. The van der Waals surface area contributed by atoms with Crippen molar-refractivity contribution in [1.29, 1.82) is 0 Å². The Kier molecular flexibility index (Phi) is 6.55. The number of likely N-dealkylation sites (N-methyl/N-ethyl adjacent to an activating group) is 1. The van der Waals surface area contributed by atoms with Crippen LogP contribution in [0.2, 0.25) is 0 Å². The van der Waals surface area contributed by atoms with E-state index in [0.717, 1.165) is 13.1 Å². The zero-order valence-corrected chi connectivity index (χ0v) is 18.1. The Bertz CT molecular complexity index is 1060. The van der Waals surface area contributed by atoms with Crippen LogP contribution in [-0.4, -0.2) is 65.3 Å². The highest BCUT2D eigenvalue weighted by Crippen LogP contribution is 2.28. The number of piperazine rings is 1. The molecule has 2 aromatic rings. The highest BCUT2D eigenvalue weighted by atomic mass is 32.2. The van der Waals surface area contributed by atoms with Crippen LogP contribution in [0.5, 0.6) is 0 Å². The van der Waals surface area contributed by atoms with Crippen LogP contribution in [0.15, 0.2) is 47.4 Å². The fourth-order valence-corrected chi connectivity index (χ4v) is 4.28. The van der Waals surface area contributed by atoms with Crippen LogP contribution in [0.1, 0.15) is 27.6 Å². The number of rotatable bonds is 6. The maximum Gasteiger partial charge on any atom is 0.255 e. The third-order valence-electron chi connectivity index (χ3n) is 5.15. The molecule has 0 unspecified atom stereocenters. The van der Waals surface area contributed by atoms with Crippen molar-refractivity contribution in [1.82, 2.24) is 9.62 Å². The highest BCUT2D eigenvalue weighted by molar-refractivity contribution is 7.89. The topological polar surface area (TPSA) is 98.8 Å². The Morgan fingerprint density at radius 3 is 2.30 bits per heavy atom. The first-order valence-electron chi connectivity index (χ1n) is 9.64. The van der Waals surface area contributed by atoms with Crippen LogP contribution in [-0.2, 0) is 10.0 Å². The highest BCUT2D eigenvalue weighted by Gasteiger charge is 2.24. The third-order valence-corrected chi connectivity index (χ3v) is 6.59. The van der Waals surface area contributed by atoms with Crippen molar-refractivity contribution in [2.75, 3.05) is 50.5 Å². The van der Waals surface area contributed by atoms with Crippen molar-refractivity contribution < 1.29 is 18.0 Å². The van der Waals surface area contributed by atoms with Crippen molar-refractivity contribution in [3.8, 4) is 0 Å². The summed E-state index contributed by atoms with van der Waals surface area (Å²) in [6.45, 7) is 4.51. The predicted octanol–water partition coefficient (Wildman–Crippen LogP) is 1.80. The Morgan fingerprint density at radius 2 is 1.67 bits per heavy atom. The van der Waals surface area contributed by atoms with E-state index in [1.54, 1.807) is 36.4 Å². The summed E-state index contributed by atoms with van der Waals surface area (Å²) >= 11 is 0. The van der Waals surface area contributed by atoms with E-state index in [4.69, 9.17) is 0 Å². The summed E-state index contributed by atoms with van der Waals surface area (Å²) in [5.41, 5.74) is 1.74. The van der Waals surface area contributed by atoms with Gasteiger partial charge in [-0.2, -0.15) is 0 Å². The lowest BCUT2D eigenvalue weighted by molar-refractivity contribution is 0.101. The van der Waals surface area contributed by atoms with Gasteiger partial charge in [-0.25, -0.2) is 13.1 Å². The first-order chi connectivity index (χ1) is 14.2. The van der Waals surface area contributed by atoms with Crippen LogP contribution < -0.4 is 14.9 Å². The molecule has 0 bridgehead atoms. The lowest BCUT2D eigenvalue weighted by Gasteiger charge is -2.35. The molecule has 30 heavy (non-hydrogen) atoms. The van der Waals surface area contributed by atoms with E-state index in [-0.39, 0.29) is 16.2 Å². The van der Waals surface area contributed by atoms with E-state index in [1.807, 2.05) is 11.9 Å². The summed E-state index contributed by atoms with van der Waals surface area (Å²) in [4.78, 5) is 28.6. The molecule has 0 saturated carbocycles. The molecule has 1 amide bonds. The molecule has 2 aromatic carbocycles. The van der Waals surface area contributed by atoms with Gasteiger partial charge in [0, 0.05) is 43.0 Å². The standard InChI is InChI=1S/C21H26N4O4S/c1-15(26)16-5-4-6-18(13-16)23-21(27)17-7-8-19(20(14-17)30(28,29)22-2)25-11-9-24(3)10-12-25/h4-8,13-14,22H,9-12H2,1-3H3,(H,23,27). The number of anilines is 2.